The molecule has 0 saturated carbocycles. The lowest BCUT2D eigenvalue weighted by Crippen LogP contribution is -2.40. The number of likely N-dealkylation sites (tertiary alicyclic amines) is 1. The van der Waals surface area contributed by atoms with Gasteiger partial charge in [0.2, 0.25) is 0 Å². The van der Waals surface area contributed by atoms with Gasteiger partial charge in [-0.15, -0.1) is 0 Å². The highest BCUT2D eigenvalue weighted by Gasteiger charge is 2.19. The molecule has 0 unspecified atom stereocenters. The average molecular weight is 180 g/mol. The molecule has 0 aromatic rings. The smallest absolute Gasteiger partial charge is 0.0195 e. The maximum atomic E-state index is 4.04. The van der Waals surface area contributed by atoms with Crippen LogP contribution >= 0.6 is 0 Å². The maximum Gasteiger partial charge on any atom is 0.0195 e. The van der Waals surface area contributed by atoms with Crippen molar-refractivity contribution in [2.24, 2.45) is 0 Å². The highest BCUT2D eigenvalue weighted by atomic mass is 15.2. The summed E-state index contributed by atoms with van der Waals surface area (Å²) in [7, 11) is 0. The van der Waals surface area contributed by atoms with E-state index in [1.54, 1.807) is 0 Å². The SMILES string of the molecule is C=C1CCN(C[C@@H]2CCCN2)CC1. The lowest BCUT2D eigenvalue weighted by molar-refractivity contribution is 0.234. The number of nitrogens with zero attached hydrogens (tertiary/aromatic N) is 1. The number of rotatable bonds is 2. The summed E-state index contributed by atoms with van der Waals surface area (Å²) in [6.07, 6.45) is 5.17. The van der Waals surface area contributed by atoms with E-state index < -0.39 is 0 Å². The number of nitrogens with one attached hydrogen (secondary N) is 1. The van der Waals surface area contributed by atoms with Crippen molar-refractivity contribution in [2.45, 2.75) is 31.7 Å². The Morgan fingerprint density at radius 1 is 1.38 bits per heavy atom. The van der Waals surface area contributed by atoms with Gasteiger partial charge < -0.3 is 10.2 Å². The predicted molar refractivity (Wildman–Crippen MR) is 55.8 cm³/mol. The van der Waals surface area contributed by atoms with Crippen molar-refractivity contribution in [3.63, 3.8) is 0 Å². The van der Waals surface area contributed by atoms with Gasteiger partial charge in [0.1, 0.15) is 0 Å². The summed E-state index contributed by atoms with van der Waals surface area (Å²) in [5.74, 6) is 0. The van der Waals surface area contributed by atoms with E-state index in [0.29, 0.717) is 0 Å². The van der Waals surface area contributed by atoms with E-state index in [1.807, 2.05) is 0 Å². The Bertz CT molecular complexity index is 173. The number of hydrogen-bond donors (Lipinski definition) is 1. The molecule has 0 aliphatic carbocycles. The van der Waals surface area contributed by atoms with Gasteiger partial charge >= 0.3 is 0 Å². The van der Waals surface area contributed by atoms with Crippen LogP contribution in [0.2, 0.25) is 0 Å². The molecular formula is C11H20N2. The lowest BCUT2D eigenvalue weighted by atomic mass is 10.1. The molecule has 1 atom stereocenters. The third kappa shape index (κ3) is 2.55. The quantitative estimate of drug-likeness (QED) is 0.646. The molecular weight excluding hydrogens is 160 g/mol. The zero-order chi connectivity index (χ0) is 9.10. The van der Waals surface area contributed by atoms with Gasteiger partial charge in [-0.25, -0.2) is 0 Å². The number of piperidine rings is 1. The van der Waals surface area contributed by atoms with Crippen molar-refractivity contribution in [1.82, 2.24) is 10.2 Å². The Labute approximate surface area is 81.0 Å². The molecule has 1 N–H and O–H groups in total. The molecule has 0 aromatic heterocycles. The van der Waals surface area contributed by atoms with Crippen LogP contribution < -0.4 is 5.32 Å². The largest absolute Gasteiger partial charge is 0.313 e. The summed E-state index contributed by atoms with van der Waals surface area (Å²) in [5, 5.41) is 3.55. The van der Waals surface area contributed by atoms with Crippen LogP contribution in [0.25, 0.3) is 0 Å². The van der Waals surface area contributed by atoms with Crippen LogP contribution in [0.4, 0.5) is 0 Å². The first kappa shape index (κ1) is 9.22. The van der Waals surface area contributed by atoms with Crippen LogP contribution in [0.3, 0.4) is 0 Å². The van der Waals surface area contributed by atoms with Crippen molar-refractivity contribution in [3.05, 3.63) is 12.2 Å². The van der Waals surface area contributed by atoms with Crippen LogP contribution in [-0.2, 0) is 0 Å². The predicted octanol–water partition coefficient (Wildman–Crippen LogP) is 1.39. The molecule has 13 heavy (non-hydrogen) atoms. The fraction of sp³-hybridized carbons (Fsp3) is 0.818. The van der Waals surface area contributed by atoms with E-state index >= 15 is 0 Å². The first-order chi connectivity index (χ1) is 6.34. The van der Waals surface area contributed by atoms with Gasteiger partial charge in [0, 0.05) is 25.7 Å². The highest BCUT2D eigenvalue weighted by molar-refractivity contribution is 4.99. The summed E-state index contributed by atoms with van der Waals surface area (Å²) < 4.78 is 0. The molecule has 2 fully saturated rings. The first-order valence-electron chi connectivity index (χ1n) is 5.47. The van der Waals surface area contributed by atoms with E-state index in [1.165, 1.54) is 57.4 Å². The van der Waals surface area contributed by atoms with Crippen molar-refractivity contribution >= 4 is 0 Å². The summed E-state index contributed by atoms with van der Waals surface area (Å²) >= 11 is 0. The molecule has 0 radical (unpaired) electrons. The zero-order valence-electron chi connectivity index (χ0n) is 8.39. The topological polar surface area (TPSA) is 15.3 Å². The minimum absolute atomic E-state index is 0.770. The molecule has 0 aromatic carbocycles. The molecule has 2 aliphatic heterocycles. The Kier molecular flexibility index (Phi) is 3.01. The maximum absolute atomic E-state index is 4.04. The molecule has 2 nitrogen and oxygen atoms in total. The molecule has 0 bridgehead atoms. The first-order valence-corrected chi connectivity index (χ1v) is 5.47. The molecule has 2 heteroatoms. The number of hydrogen-bond acceptors (Lipinski definition) is 2. The van der Waals surface area contributed by atoms with E-state index in [9.17, 15) is 0 Å². The normalized spacial score (nSPS) is 31.1. The standard InChI is InChI=1S/C11H20N2/c1-10-4-7-13(8-5-10)9-11-3-2-6-12-11/h11-12H,1-9H2/t11-/m0/s1. The lowest BCUT2D eigenvalue weighted by Gasteiger charge is -2.30. The zero-order valence-corrected chi connectivity index (χ0v) is 8.39. The second-order valence-corrected chi connectivity index (χ2v) is 4.34. The fourth-order valence-corrected chi connectivity index (χ4v) is 2.28. The summed E-state index contributed by atoms with van der Waals surface area (Å²) in [6.45, 7) is 8.99. The Balaban J connectivity index is 1.72. The van der Waals surface area contributed by atoms with Crippen molar-refractivity contribution in [3.8, 4) is 0 Å². The Morgan fingerprint density at radius 2 is 2.15 bits per heavy atom. The fourth-order valence-electron chi connectivity index (χ4n) is 2.28. The minimum atomic E-state index is 0.770. The van der Waals surface area contributed by atoms with Gasteiger partial charge in [0.25, 0.3) is 0 Å². The highest BCUT2D eigenvalue weighted by Crippen LogP contribution is 2.15. The molecule has 2 aliphatic rings. The van der Waals surface area contributed by atoms with Crippen LogP contribution in [0.5, 0.6) is 0 Å². The van der Waals surface area contributed by atoms with E-state index in [0.717, 1.165) is 6.04 Å². The third-order valence-corrected chi connectivity index (χ3v) is 3.20. The van der Waals surface area contributed by atoms with E-state index in [-0.39, 0.29) is 0 Å². The van der Waals surface area contributed by atoms with Crippen molar-refractivity contribution in [2.75, 3.05) is 26.2 Å². The van der Waals surface area contributed by atoms with Gasteiger partial charge in [-0.2, -0.15) is 0 Å². The molecule has 74 valence electrons. The summed E-state index contributed by atoms with van der Waals surface area (Å²) in [4.78, 5) is 2.58. The van der Waals surface area contributed by atoms with Crippen LogP contribution in [0.1, 0.15) is 25.7 Å². The summed E-state index contributed by atoms with van der Waals surface area (Å²) in [5.41, 5.74) is 1.44. The van der Waals surface area contributed by atoms with Gasteiger partial charge in [0.15, 0.2) is 0 Å². The van der Waals surface area contributed by atoms with Gasteiger partial charge in [0.05, 0.1) is 0 Å². The average Bonchev–Trinajstić information content (AvgIpc) is 2.62. The second kappa shape index (κ2) is 4.25. The van der Waals surface area contributed by atoms with Crippen molar-refractivity contribution in [1.29, 1.82) is 0 Å². The van der Waals surface area contributed by atoms with Crippen LogP contribution in [0, 0.1) is 0 Å². The van der Waals surface area contributed by atoms with Gasteiger partial charge in [-0.3, -0.25) is 0 Å². The van der Waals surface area contributed by atoms with Gasteiger partial charge in [-0.1, -0.05) is 12.2 Å². The Hall–Kier alpha value is -0.340. The molecule has 0 amide bonds. The monoisotopic (exact) mass is 180 g/mol. The molecule has 2 saturated heterocycles. The van der Waals surface area contributed by atoms with Crippen LogP contribution in [-0.4, -0.2) is 37.1 Å². The van der Waals surface area contributed by atoms with Crippen molar-refractivity contribution < 1.29 is 0 Å². The molecule has 2 heterocycles. The molecule has 0 spiro atoms. The third-order valence-electron chi connectivity index (χ3n) is 3.20. The van der Waals surface area contributed by atoms with Crippen LogP contribution in [0.15, 0.2) is 12.2 Å². The minimum Gasteiger partial charge on any atom is -0.313 e. The van der Waals surface area contributed by atoms with E-state index in [2.05, 4.69) is 16.8 Å². The molecule has 2 rings (SSSR count). The van der Waals surface area contributed by atoms with Gasteiger partial charge in [-0.05, 0) is 32.2 Å². The summed E-state index contributed by atoms with van der Waals surface area (Å²) in [6, 6.07) is 0.770. The van der Waals surface area contributed by atoms with E-state index in [4.69, 9.17) is 0 Å². The Morgan fingerprint density at radius 3 is 2.77 bits per heavy atom. The second-order valence-electron chi connectivity index (χ2n) is 4.34.